The maximum Gasteiger partial charge on any atom is 0.275 e. The van der Waals surface area contributed by atoms with E-state index in [0.29, 0.717) is 23.9 Å². The van der Waals surface area contributed by atoms with E-state index in [-0.39, 0.29) is 11.8 Å². The number of likely N-dealkylation sites (tertiary alicyclic amines) is 1. The average Bonchev–Trinajstić information content (AvgIpc) is 3.20. The zero-order valence-corrected chi connectivity index (χ0v) is 15.7. The summed E-state index contributed by atoms with van der Waals surface area (Å²) in [7, 11) is 3.49. The number of amides is 1. The highest BCUT2D eigenvalue weighted by atomic mass is 35.5. The van der Waals surface area contributed by atoms with E-state index in [2.05, 4.69) is 14.6 Å². The van der Waals surface area contributed by atoms with Gasteiger partial charge in [0.1, 0.15) is 5.82 Å². The number of aryl methyl sites for hydroxylation is 1. The second-order valence-corrected chi connectivity index (χ2v) is 6.81. The molecule has 0 spiro atoms. The molecule has 0 saturated carbocycles. The van der Waals surface area contributed by atoms with Gasteiger partial charge >= 0.3 is 0 Å². The molecular formula is C17H24ClN5O2. The number of nitrogens with zero attached hydrogens (tertiary/aromatic N) is 5. The minimum atomic E-state index is -0.103. The number of carbonyl (C=O) groups is 1. The molecule has 0 aromatic carbocycles. The van der Waals surface area contributed by atoms with Crippen molar-refractivity contribution in [1.82, 2.24) is 24.2 Å². The summed E-state index contributed by atoms with van der Waals surface area (Å²) >= 11 is 6.29. The first kappa shape index (κ1) is 17.9. The van der Waals surface area contributed by atoms with Crippen molar-refractivity contribution in [3.05, 3.63) is 34.6 Å². The van der Waals surface area contributed by atoms with Crippen LogP contribution in [-0.4, -0.2) is 56.9 Å². The number of halogens is 1. The zero-order valence-electron chi connectivity index (χ0n) is 14.9. The largest absolute Gasteiger partial charge is 0.383 e. The smallest absolute Gasteiger partial charge is 0.275 e. The number of ether oxygens (including phenoxy) is 1. The molecule has 0 aliphatic carbocycles. The van der Waals surface area contributed by atoms with E-state index in [1.54, 1.807) is 18.8 Å². The summed E-state index contributed by atoms with van der Waals surface area (Å²) in [6, 6.07) is 0. The van der Waals surface area contributed by atoms with Crippen LogP contribution in [0.5, 0.6) is 0 Å². The van der Waals surface area contributed by atoms with E-state index in [1.807, 2.05) is 24.2 Å². The molecule has 1 aliphatic rings. The highest BCUT2D eigenvalue weighted by Gasteiger charge is 2.30. The summed E-state index contributed by atoms with van der Waals surface area (Å²) in [4.78, 5) is 19.2. The third kappa shape index (κ3) is 3.57. The molecule has 2 aromatic heterocycles. The number of hydrogen-bond acceptors (Lipinski definition) is 4. The van der Waals surface area contributed by atoms with Crippen molar-refractivity contribution in [2.75, 3.05) is 26.8 Å². The van der Waals surface area contributed by atoms with Gasteiger partial charge in [0, 0.05) is 52.1 Å². The molecular weight excluding hydrogens is 342 g/mol. The van der Waals surface area contributed by atoms with Crippen molar-refractivity contribution in [1.29, 1.82) is 0 Å². The number of piperidine rings is 1. The van der Waals surface area contributed by atoms with E-state index >= 15 is 0 Å². The SMILES string of the molecule is COCCn1ccnc1[C@H]1CCCN(C(=O)c2nn(C)c(C)c2Cl)C1. The highest BCUT2D eigenvalue weighted by Crippen LogP contribution is 2.28. The second kappa shape index (κ2) is 7.58. The Morgan fingerprint density at radius 2 is 2.28 bits per heavy atom. The standard InChI is InChI=1S/C17H24ClN5O2/c1-12-14(18)15(20-21(12)2)17(24)23-7-4-5-13(11-23)16-19-6-8-22(16)9-10-25-3/h6,8,13H,4-5,7,9-11H2,1-3H3/t13-/m0/s1. The van der Waals surface area contributed by atoms with Gasteiger partial charge in [-0.1, -0.05) is 11.6 Å². The van der Waals surface area contributed by atoms with Gasteiger partial charge in [0.25, 0.3) is 5.91 Å². The molecule has 8 heteroatoms. The first-order valence-electron chi connectivity index (χ1n) is 8.51. The fraction of sp³-hybridized carbons (Fsp3) is 0.588. The molecule has 0 bridgehead atoms. The summed E-state index contributed by atoms with van der Waals surface area (Å²) in [6.45, 7) is 4.62. The molecule has 2 aromatic rings. The molecule has 0 unspecified atom stereocenters. The molecule has 0 radical (unpaired) electrons. The number of hydrogen-bond donors (Lipinski definition) is 0. The Morgan fingerprint density at radius 3 is 2.96 bits per heavy atom. The predicted octanol–water partition coefficient (Wildman–Crippen LogP) is 2.24. The van der Waals surface area contributed by atoms with Crippen LogP contribution in [0.15, 0.2) is 12.4 Å². The van der Waals surface area contributed by atoms with Gasteiger partial charge in [0.2, 0.25) is 0 Å². The van der Waals surface area contributed by atoms with Crippen molar-refractivity contribution in [3.63, 3.8) is 0 Å². The van der Waals surface area contributed by atoms with Gasteiger partial charge in [-0.05, 0) is 19.8 Å². The van der Waals surface area contributed by atoms with Crippen molar-refractivity contribution in [3.8, 4) is 0 Å². The summed E-state index contributed by atoms with van der Waals surface area (Å²) < 4.78 is 8.92. The Bertz CT molecular complexity index is 754. The van der Waals surface area contributed by atoms with E-state index in [1.165, 1.54) is 0 Å². The monoisotopic (exact) mass is 365 g/mol. The van der Waals surface area contributed by atoms with Gasteiger partial charge in [-0.2, -0.15) is 5.10 Å². The molecule has 136 valence electrons. The first-order chi connectivity index (χ1) is 12.0. The molecule has 1 atom stereocenters. The number of rotatable bonds is 5. The molecule has 1 amide bonds. The summed E-state index contributed by atoms with van der Waals surface area (Å²) in [5.41, 5.74) is 1.14. The normalized spacial score (nSPS) is 17.9. The summed E-state index contributed by atoms with van der Waals surface area (Å²) in [5, 5.41) is 4.73. The van der Waals surface area contributed by atoms with Crippen molar-refractivity contribution < 1.29 is 9.53 Å². The molecule has 3 rings (SSSR count). The maximum absolute atomic E-state index is 12.9. The molecule has 1 fully saturated rings. The van der Waals surface area contributed by atoms with Crippen molar-refractivity contribution >= 4 is 17.5 Å². The van der Waals surface area contributed by atoms with Crippen LogP contribution in [0.1, 0.15) is 40.8 Å². The highest BCUT2D eigenvalue weighted by molar-refractivity contribution is 6.34. The zero-order chi connectivity index (χ0) is 18.0. The molecule has 1 aliphatic heterocycles. The first-order valence-corrected chi connectivity index (χ1v) is 8.89. The van der Waals surface area contributed by atoms with Gasteiger partial charge < -0.3 is 14.2 Å². The quantitative estimate of drug-likeness (QED) is 0.815. The van der Waals surface area contributed by atoms with Crippen LogP contribution in [0.2, 0.25) is 5.02 Å². The fourth-order valence-corrected chi connectivity index (χ4v) is 3.54. The Balaban J connectivity index is 1.76. The van der Waals surface area contributed by atoms with Gasteiger partial charge in [-0.15, -0.1) is 0 Å². The predicted molar refractivity (Wildman–Crippen MR) is 94.9 cm³/mol. The Morgan fingerprint density at radius 1 is 1.48 bits per heavy atom. The van der Waals surface area contributed by atoms with Crippen LogP contribution < -0.4 is 0 Å². The minimum Gasteiger partial charge on any atom is -0.383 e. The van der Waals surface area contributed by atoms with Gasteiger partial charge in [0.15, 0.2) is 5.69 Å². The lowest BCUT2D eigenvalue weighted by Gasteiger charge is -2.32. The molecule has 3 heterocycles. The van der Waals surface area contributed by atoms with Crippen LogP contribution in [0.3, 0.4) is 0 Å². The van der Waals surface area contributed by atoms with E-state index in [4.69, 9.17) is 16.3 Å². The third-order valence-corrected chi connectivity index (χ3v) is 5.27. The Kier molecular flexibility index (Phi) is 5.44. The molecule has 7 nitrogen and oxygen atoms in total. The average molecular weight is 366 g/mol. The topological polar surface area (TPSA) is 65.2 Å². The second-order valence-electron chi connectivity index (χ2n) is 6.43. The number of imidazole rings is 1. The number of aromatic nitrogens is 4. The van der Waals surface area contributed by atoms with Crippen LogP contribution in [-0.2, 0) is 18.3 Å². The molecule has 1 saturated heterocycles. The lowest BCUT2D eigenvalue weighted by molar-refractivity contribution is 0.0696. The third-order valence-electron chi connectivity index (χ3n) is 4.82. The van der Waals surface area contributed by atoms with Gasteiger partial charge in [-0.3, -0.25) is 9.48 Å². The van der Waals surface area contributed by atoms with Crippen molar-refractivity contribution in [2.24, 2.45) is 7.05 Å². The number of carbonyl (C=O) groups excluding carboxylic acids is 1. The Hall–Kier alpha value is -1.86. The van der Waals surface area contributed by atoms with Gasteiger partial charge in [-0.25, -0.2) is 4.98 Å². The Labute approximate surface area is 152 Å². The van der Waals surface area contributed by atoms with E-state index < -0.39 is 0 Å². The van der Waals surface area contributed by atoms with Crippen molar-refractivity contribution in [2.45, 2.75) is 32.2 Å². The van der Waals surface area contributed by atoms with Crippen LogP contribution in [0.4, 0.5) is 0 Å². The molecule has 25 heavy (non-hydrogen) atoms. The summed E-state index contributed by atoms with van der Waals surface area (Å²) in [5.74, 6) is 1.12. The van der Waals surface area contributed by atoms with Crippen LogP contribution in [0, 0.1) is 6.92 Å². The van der Waals surface area contributed by atoms with Gasteiger partial charge in [0.05, 0.1) is 17.3 Å². The van der Waals surface area contributed by atoms with E-state index in [9.17, 15) is 4.79 Å². The molecule has 0 N–H and O–H groups in total. The summed E-state index contributed by atoms with van der Waals surface area (Å²) in [6.07, 6.45) is 5.73. The van der Waals surface area contributed by atoms with Crippen LogP contribution in [0.25, 0.3) is 0 Å². The minimum absolute atomic E-state index is 0.103. The van der Waals surface area contributed by atoms with E-state index in [0.717, 1.165) is 37.4 Å². The number of methoxy groups -OCH3 is 1. The lowest BCUT2D eigenvalue weighted by atomic mass is 9.96. The maximum atomic E-state index is 12.9. The van der Waals surface area contributed by atoms with Crippen LogP contribution >= 0.6 is 11.6 Å². The lowest BCUT2D eigenvalue weighted by Crippen LogP contribution is -2.40. The fourth-order valence-electron chi connectivity index (χ4n) is 3.30.